The number of hydrogen-bond donors (Lipinski definition) is 0. The highest BCUT2D eigenvalue weighted by atomic mass is 31.1. The molecule has 3 aromatic rings. The molecule has 0 aliphatic heterocycles. The highest BCUT2D eigenvalue weighted by Gasteiger charge is 2.14. The van der Waals surface area contributed by atoms with E-state index < -0.39 is 0 Å². The van der Waals surface area contributed by atoms with Crippen molar-refractivity contribution in [2.24, 2.45) is 10.9 Å². The van der Waals surface area contributed by atoms with Crippen LogP contribution in [0.4, 0.5) is 5.69 Å². The Labute approximate surface area is 187 Å². The third-order valence-electron chi connectivity index (χ3n) is 5.40. The van der Waals surface area contributed by atoms with Gasteiger partial charge >= 0.3 is 0 Å². The first kappa shape index (κ1) is 21.3. The molecule has 1 aliphatic rings. The summed E-state index contributed by atoms with van der Waals surface area (Å²) in [7, 11) is 0.508. The van der Waals surface area contributed by atoms with Crippen molar-refractivity contribution in [3.8, 4) is 5.75 Å². The van der Waals surface area contributed by atoms with Gasteiger partial charge in [0.05, 0.1) is 12.3 Å². The predicted molar refractivity (Wildman–Crippen MR) is 136 cm³/mol. The van der Waals surface area contributed by atoms with Gasteiger partial charge in [-0.05, 0) is 48.8 Å². The van der Waals surface area contributed by atoms with Crippen molar-refractivity contribution >= 4 is 31.1 Å². The van der Waals surface area contributed by atoms with Gasteiger partial charge in [0.1, 0.15) is 5.75 Å². The fourth-order valence-electron chi connectivity index (χ4n) is 3.65. The van der Waals surface area contributed by atoms with E-state index in [-0.39, 0.29) is 0 Å². The molecule has 0 fully saturated rings. The maximum atomic E-state index is 6.38. The van der Waals surface area contributed by atoms with E-state index in [9.17, 15) is 0 Å². The number of nitrogens with zero attached hydrogens (tertiary/aromatic N) is 1. The second-order valence-corrected chi connectivity index (χ2v) is 9.12. The zero-order chi connectivity index (χ0) is 21.5. The van der Waals surface area contributed by atoms with Crippen LogP contribution in [0.3, 0.4) is 0 Å². The number of ether oxygens (including phenoxy) is 1. The van der Waals surface area contributed by atoms with Crippen LogP contribution < -0.4 is 15.3 Å². The Kier molecular flexibility index (Phi) is 7.12. The van der Waals surface area contributed by atoms with E-state index in [1.54, 1.807) is 0 Å². The van der Waals surface area contributed by atoms with Crippen molar-refractivity contribution in [1.82, 2.24) is 0 Å². The number of allylic oxidation sites excluding steroid dienone is 3. The smallest absolute Gasteiger partial charge is 0.129 e. The molecule has 1 aliphatic carbocycles. The minimum atomic E-state index is 0.438. The van der Waals surface area contributed by atoms with Gasteiger partial charge in [-0.15, -0.1) is 0 Å². The number of para-hydroxylation sites is 2. The first-order valence-corrected chi connectivity index (χ1v) is 11.7. The minimum Gasteiger partial charge on any atom is -0.492 e. The fraction of sp³-hybridized carbons (Fsp3) is 0.179. The summed E-state index contributed by atoms with van der Waals surface area (Å²) in [5.41, 5.74) is 4.60. The van der Waals surface area contributed by atoms with E-state index >= 15 is 0 Å². The summed E-state index contributed by atoms with van der Waals surface area (Å²) in [6.07, 6.45) is 11.7. The first-order chi connectivity index (χ1) is 15.2. The van der Waals surface area contributed by atoms with Gasteiger partial charge in [0, 0.05) is 23.0 Å². The highest BCUT2D eigenvalue weighted by Crippen LogP contribution is 2.26. The predicted octanol–water partition coefficient (Wildman–Crippen LogP) is 6.19. The third-order valence-corrected chi connectivity index (χ3v) is 6.99. The topological polar surface area (TPSA) is 21.6 Å². The zero-order valence-corrected chi connectivity index (χ0v) is 19.1. The van der Waals surface area contributed by atoms with Gasteiger partial charge in [0.15, 0.2) is 0 Å². The molecule has 0 radical (unpaired) electrons. The van der Waals surface area contributed by atoms with Crippen molar-refractivity contribution in [3.05, 3.63) is 108 Å². The number of aryl methyl sites for hydroxylation is 2. The third kappa shape index (κ3) is 5.60. The molecule has 0 aromatic heterocycles. The summed E-state index contributed by atoms with van der Waals surface area (Å²) in [6, 6.07) is 23.0. The van der Waals surface area contributed by atoms with E-state index in [1.165, 1.54) is 21.7 Å². The molecule has 2 nitrogen and oxygen atoms in total. The van der Waals surface area contributed by atoms with Crippen molar-refractivity contribution < 1.29 is 4.74 Å². The molecule has 2 unspecified atom stereocenters. The molecule has 0 bridgehead atoms. The van der Waals surface area contributed by atoms with Crippen LogP contribution in [-0.2, 0) is 0 Å². The van der Waals surface area contributed by atoms with Crippen molar-refractivity contribution in [3.63, 3.8) is 0 Å². The second-order valence-electron chi connectivity index (χ2n) is 7.83. The largest absolute Gasteiger partial charge is 0.492 e. The fourth-order valence-corrected chi connectivity index (χ4v) is 5.05. The van der Waals surface area contributed by atoms with Gasteiger partial charge in [0.2, 0.25) is 0 Å². The Hall–Kier alpha value is -2.96. The molecule has 0 N–H and O–H groups in total. The maximum Gasteiger partial charge on any atom is 0.129 e. The van der Waals surface area contributed by atoms with Crippen LogP contribution in [0.2, 0.25) is 0 Å². The van der Waals surface area contributed by atoms with Gasteiger partial charge in [-0.25, -0.2) is 0 Å². The van der Waals surface area contributed by atoms with Crippen LogP contribution in [0, 0.1) is 19.8 Å². The first-order valence-electron chi connectivity index (χ1n) is 10.7. The molecule has 0 amide bonds. The Bertz CT molecular complexity index is 1120. The van der Waals surface area contributed by atoms with E-state index in [0.29, 0.717) is 21.1 Å². The molecule has 0 saturated carbocycles. The molecule has 2 atom stereocenters. The summed E-state index contributed by atoms with van der Waals surface area (Å²) in [4.78, 5) is 4.69. The Morgan fingerprint density at radius 1 is 0.935 bits per heavy atom. The van der Waals surface area contributed by atoms with E-state index in [2.05, 4.69) is 74.5 Å². The van der Waals surface area contributed by atoms with Gasteiger partial charge in [-0.3, -0.25) is 4.99 Å². The number of rotatable bonds is 7. The molecule has 156 valence electrons. The lowest BCUT2D eigenvalue weighted by atomic mass is 10.0. The maximum absolute atomic E-state index is 6.38. The summed E-state index contributed by atoms with van der Waals surface area (Å²) >= 11 is 0. The van der Waals surface area contributed by atoms with Crippen LogP contribution in [0.15, 0.2) is 96.0 Å². The monoisotopic (exact) mass is 425 g/mol. The standard InChI is InChI=1S/C28H28NOP/c1-21-11-10-18-26(27(21)30-20-23-13-5-3-6-14-23)31-28-22(2)12-9-15-24(28)19-29-25-16-7-4-8-17-25/h3-13,15-19,23,31H,14,20H2,1-2H3. The highest BCUT2D eigenvalue weighted by molar-refractivity contribution is 7.56. The molecule has 31 heavy (non-hydrogen) atoms. The van der Waals surface area contributed by atoms with E-state index in [1.807, 2.05) is 36.5 Å². The minimum absolute atomic E-state index is 0.438. The lowest BCUT2D eigenvalue weighted by Crippen LogP contribution is -2.17. The summed E-state index contributed by atoms with van der Waals surface area (Å²) in [6.45, 7) is 5.02. The number of hydrogen-bond acceptors (Lipinski definition) is 2. The molecular formula is C28H28NOP. The molecular weight excluding hydrogens is 397 g/mol. The van der Waals surface area contributed by atoms with Crippen molar-refractivity contribution in [2.75, 3.05) is 6.61 Å². The van der Waals surface area contributed by atoms with Gasteiger partial charge in [0.25, 0.3) is 0 Å². The van der Waals surface area contributed by atoms with Gasteiger partial charge in [-0.2, -0.15) is 0 Å². The average molecular weight is 426 g/mol. The quantitative estimate of drug-likeness (QED) is 0.326. The number of benzene rings is 3. The number of aliphatic imine (C=N–C) groups is 1. The average Bonchev–Trinajstić information content (AvgIpc) is 2.80. The molecule has 0 saturated heterocycles. The van der Waals surface area contributed by atoms with Crippen LogP contribution in [0.5, 0.6) is 5.75 Å². The Morgan fingerprint density at radius 3 is 2.55 bits per heavy atom. The van der Waals surface area contributed by atoms with E-state index in [0.717, 1.165) is 23.4 Å². The Morgan fingerprint density at radius 2 is 1.74 bits per heavy atom. The second kappa shape index (κ2) is 10.4. The Balaban J connectivity index is 1.59. The molecule has 0 spiro atoms. The SMILES string of the molecule is Cc1cccc(Pc2c(C)cccc2C=Nc2ccccc2)c1OCC1C=CC=CC1. The molecule has 0 heterocycles. The van der Waals surface area contributed by atoms with E-state index in [4.69, 9.17) is 9.73 Å². The zero-order valence-electron chi connectivity index (χ0n) is 18.1. The van der Waals surface area contributed by atoms with Crippen LogP contribution >= 0.6 is 8.58 Å². The van der Waals surface area contributed by atoms with Crippen LogP contribution in [-0.4, -0.2) is 12.8 Å². The molecule has 3 heteroatoms. The van der Waals surface area contributed by atoms with Gasteiger partial charge < -0.3 is 4.74 Å². The van der Waals surface area contributed by atoms with Gasteiger partial charge in [-0.1, -0.05) is 87.5 Å². The molecule has 3 aromatic carbocycles. The van der Waals surface area contributed by atoms with Crippen LogP contribution in [0.25, 0.3) is 0 Å². The van der Waals surface area contributed by atoms with Crippen molar-refractivity contribution in [1.29, 1.82) is 0 Å². The summed E-state index contributed by atoms with van der Waals surface area (Å²) in [5, 5.41) is 2.57. The summed E-state index contributed by atoms with van der Waals surface area (Å²) in [5.74, 6) is 1.46. The van der Waals surface area contributed by atoms with Crippen LogP contribution in [0.1, 0.15) is 23.1 Å². The van der Waals surface area contributed by atoms with Crippen molar-refractivity contribution in [2.45, 2.75) is 20.3 Å². The molecule has 4 rings (SSSR count). The lowest BCUT2D eigenvalue weighted by Gasteiger charge is -2.19. The lowest BCUT2D eigenvalue weighted by molar-refractivity contribution is 0.276. The summed E-state index contributed by atoms with van der Waals surface area (Å²) < 4.78 is 6.38. The normalized spacial score (nSPS) is 15.9.